The highest BCUT2D eigenvalue weighted by Gasteiger charge is 2.30. The Bertz CT molecular complexity index is 220. The fourth-order valence-corrected chi connectivity index (χ4v) is 3.13. The lowest BCUT2D eigenvalue weighted by atomic mass is 9.69. The number of allylic oxidation sites excluding steroid dienone is 1. The van der Waals surface area contributed by atoms with Crippen molar-refractivity contribution in [3.8, 4) is 0 Å². The van der Waals surface area contributed by atoms with Gasteiger partial charge in [-0.3, -0.25) is 0 Å². The monoisotopic (exact) mass is 237 g/mol. The molecule has 1 nitrogen and oxygen atoms in total. The first kappa shape index (κ1) is 14.8. The maximum atomic E-state index is 3.93. The van der Waals surface area contributed by atoms with Gasteiger partial charge in [0.05, 0.1) is 0 Å². The molecule has 0 aromatic rings. The lowest BCUT2D eigenvalue weighted by Gasteiger charge is -2.38. The quantitative estimate of drug-likeness (QED) is 0.681. The van der Waals surface area contributed by atoms with Crippen molar-refractivity contribution < 1.29 is 0 Å². The van der Waals surface area contributed by atoms with E-state index in [4.69, 9.17) is 0 Å². The highest BCUT2D eigenvalue weighted by Crippen LogP contribution is 2.39. The van der Waals surface area contributed by atoms with Gasteiger partial charge in [0, 0.05) is 6.04 Å². The molecule has 1 rings (SSSR count). The van der Waals surface area contributed by atoms with E-state index in [1.165, 1.54) is 32.2 Å². The average molecular weight is 237 g/mol. The Labute approximate surface area is 108 Å². The highest BCUT2D eigenvalue weighted by molar-refractivity contribution is 4.86. The van der Waals surface area contributed by atoms with Crippen LogP contribution in [-0.2, 0) is 0 Å². The van der Waals surface area contributed by atoms with Crippen molar-refractivity contribution in [2.45, 2.75) is 59.4 Å². The molecule has 1 heteroatoms. The highest BCUT2D eigenvalue weighted by atomic mass is 14.9. The molecule has 0 bridgehead atoms. The Hall–Kier alpha value is -0.300. The van der Waals surface area contributed by atoms with Crippen LogP contribution in [-0.4, -0.2) is 12.6 Å². The van der Waals surface area contributed by atoms with Gasteiger partial charge >= 0.3 is 0 Å². The number of hydrogen-bond donors (Lipinski definition) is 1. The molecule has 0 aromatic heterocycles. The molecule has 1 fully saturated rings. The zero-order chi connectivity index (χ0) is 12.8. The molecule has 3 unspecified atom stereocenters. The third kappa shape index (κ3) is 4.83. The van der Waals surface area contributed by atoms with Crippen molar-refractivity contribution in [3.05, 3.63) is 12.7 Å². The lowest BCUT2D eigenvalue weighted by Crippen LogP contribution is -2.36. The van der Waals surface area contributed by atoms with Gasteiger partial charge < -0.3 is 5.32 Å². The van der Waals surface area contributed by atoms with Gasteiger partial charge in [0.15, 0.2) is 0 Å². The summed E-state index contributed by atoms with van der Waals surface area (Å²) < 4.78 is 0. The van der Waals surface area contributed by atoms with Crippen molar-refractivity contribution in [1.82, 2.24) is 5.32 Å². The minimum atomic E-state index is 0.613. The van der Waals surface area contributed by atoms with E-state index in [1.807, 2.05) is 0 Å². The van der Waals surface area contributed by atoms with Crippen molar-refractivity contribution in [2.75, 3.05) is 6.54 Å². The lowest BCUT2D eigenvalue weighted by molar-refractivity contribution is 0.145. The summed E-state index contributed by atoms with van der Waals surface area (Å²) in [7, 11) is 0. The summed E-state index contributed by atoms with van der Waals surface area (Å²) in [5, 5.41) is 3.61. The number of nitrogens with one attached hydrogen (secondary N) is 1. The summed E-state index contributed by atoms with van der Waals surface area (Å²) in [5.41, 5.74) is 0. The van der Waals surface area contributed by atoms with Crippen molar-refractivity contribution in [2.24, 2.45) is 23.7 Å². The molecule has 0 aromatic carbocycles. The van der Waals surface area contributed by atoms with Crippen LogP contribution in [0.3, 0.4) is 0 Å². The van der Waals surface area contributed by atoms with Gasteiger partial charge in [0.2, 0.25) is 0 Å². The maximum Gasteiger partial charge on any atom is 0.00104 e. The third-order valence-corrected chi connectivity index (χ3v) is 4.38. The van der Waals surface area contributed by atoms with Crippen molar-refractivity contribution in [3.63, 3.8) is 0 Å². The van der Waals surface area contributed by atoms with E-state index in [9.17, 15) is 0 Å². The molecule has 1 saturated carbocycles. The molecule has 0 heterocycles. The molecule has 0 radical (unpaired) electrons. The van der Waals surface area contributed by atoms with Crippen LogP contribution in [0.5, 0.6) is 0 Å². The van der Waals surface area contributed by atoms with E-state index in [-0.39, 0.29) is 0 Å². The molecule has 1 aliphatic rings. The molecule has 3 atom stereocenters. The maximum absolute atomic E-state index is 3.93. The van der Waals surface area contributed by atoms with E-state index < -0.39 is 0 Å². The molecule has 0 amide bonds. The summed E-state index contributed by atoms with van der Waals surface area (Å²) in [6, 6.07) is 0.613. The van der Waals surface area contributed by atoms with Gasteiger partial charge in [-0.05, 0) is 55.9 Å². The molecule has 0 spiro atoms. The van der Waals surface area contributed by atoms with Crippen LogP contribution in [0.4, 0.5) is 0 Å². The van der Waals surface area contributed by atoms with E-state index in [0.29, 0.717) is 6.04 Å². The van der Waals surface area contributed by atoms with Gasteiger partial charge in [-0.25, -0.2) is 0 Å². The van der Waals surface area contributed by atoms with Gasteiger partial charge in [-0.1, -0.05) is 33.8 Å². The minimum Gasteiger partial charge on any atom is -0.314 e. The van der Waals surface area contributed by atoms with E-state index in [1.54, 1.807) is 0 Å². The first-order valence-electron chi connectivity index (χ1n) is 7.38. The van der Waals surface area contributed by atoms with E-state index in [0.717, 1.165) is 23.7 Å². The predicted molar refractivity (Wildman–Crippen MR) is 77.1 cm³/mol. The third-order valence-electron chi connectivity index (χ3n) is 4.38. The molecule has 100 valence electrons. The largest absolute Gasteiger partial charge is 0.314 e. The smallest absolute Gasteiger partial charge is 0.00104 e. The van der Waals surface area contributed by atoms with Crippen LogP contribution in [0, 0.1) is 23.7 Å². The van der Waals surface area contributed by atoms with Crippen LogP contribution < -0.4 is 5.32 Å². The number of rotatable bonds is 6. The fourth-order valence-electron chi connectivity index (χ4n) is 3.13. The zero-order valence-corrected chi connectivity index (χ0v) is 12.2. The second kappa shape index (κ2) is 7.20. The summed E-state index contributed by atoms with van der Waals surface area (Å²) >= 11 is 0. The number of hydrogen-bond acceptors (Lipinski definition) is 1. The van der Waals surface area contributed by atoms with Crippen LogP contribution in [0.2, 0.25) is 0 Å². The predicted octanol–water partition coefficient (Wildman–Crippen LogP) is 4.25. The molecular formula is C16H31N. The van der Waals surface area contributed by atoms with Crippen LogP contribution >= 0.6 is 0 Å². The minimum absolute atomic E-state index is 0.613. The van der Waals surface area contributed by atoms with Gasteiger partial charge in [-0.2, -0.15) is 0 Å². The summed E-state index contributed by atoms with van der Waals surface area (Å²) in [6.07, 6.45) is 7.56. The van der Waals surface area contributed by atoms with Gasteiger partial charge in [-0.15, -0.1) is 6.58 Å². The first-order chi connectivity index (χ1) is 8.04. The summed E-state index contributed by atoms with van der Waals surface area (Å²) in [5.74, 6) is 3.52. The van der Waals surface area contributed by atoms with E-state index in [2.05, 4.69) is 45.7 Å². The molecule has 1 N–H and O–H groups in total. The fraction of sp³-hybridized carbons (Fsp3) is 0.875. The van der Waals surface area contributed by atoms with E-state index >= 15 is 0 Å². The second-order valence-corrected chi connectivity index (χ2v) is 6.42. The summed E-state index contributed by atoms with van der Waals surface area (Å²) in [6.45, 7) is 14.4. The van der Waals surface area contributed by atoms with Gasteiger partial charge in [0.25, 0.3) is 0 Å². The standard InChI is InChI=1S/C16H31N/c1-6-7-15-10-14(12(2)3)8-9-16(15)11-17-13(4)5/h6,12-17H,1,7-11H2,2-5H3. The normalized spacial score (nSPS) is 29.9. The Morgan fingerprint density at radius 1 is 1.18 bits per heavy atom. The molecule has 0 saturated heterocycles. The van der Waals surface area contributed by atoms with Crippen LogP contribution in [0.1, 0.15) is 53.4 Å². The molecule has 1 aliphatic carbocycles. The topological polar surface area (TPSA) is 12.0 Å². The van der Waals surface area contributed by atoms with Gasteiger partial charge in [0.1, 0.15) is 0 Å². The van der Waals surface area contributed by atoms with Crippen molar-refractivity contribution >= 4 is 0 Å². The van der Waals surface area contributed by atoms with Crippen LogP contribution in [0.25, 0.3) is 0 Å². The first-order valence-corrected chi connectivity index (χ1v) is 7.38. The average Bonchev–Trinajstić information content (AvgIpc) is 2.27. The Morgan fingerprint density at radius 2 is 1.88 bits per heavy atom. The summed E-state index contributed by atoms with van der Waals surface area (Å²) in [4.78, 5) is 0. The molecule has 17 heavy (non-hydrogen) atoms. The zero-order valence-electron chi connectivity index (χ0n) is 12.2. The second-order valence-electron chi connectivity index (χ2n) is 6.42. The Kier molecular flexibility index (Phi) is 6.26. The van der Waals surface area contributed by atoms with Crippen molar-refractivity contribution in [1.29, 1.82) is 0 Å². The molecular weight excluding hydrogens is 206 g/mol. The SMILES string of the molecule is C=CCC1CC(C(C)C)CCC1CNC(C)C. The Morgan fingerprint density at radius 3 is 2.41 bits per heavy atom. The van der Waals surface area contributed by atoms with Crippen LogP contribution in [0.15, 0.2) is 12.7 Å². The Balaban J connectivity index is 2.49. The molecule has 0 aliphatic heterocycles.